The Morgan fingerprint density at radius 2 is 2.00 bits per heavy atom. The number of aliphatic hydroxyl groups excluding tert-OH is 1. The molecule has 0 saturated heterocycles. The lowest BCUT2D eigenvalue weighted by atomic mass is 10.1. The molecule has 5 heteroatoms. The molecule has 1 unspecified atom stereocenters. The first-order valence-corrected chi connectivity index (χ1v) is 7.55. The minimum Gasteiger partial charge on any atom is -0.385 e. The van der Waals surface area contributed by atoms with Crippen molar-refractivity contribution in [2.24, 2.45) is 0 Å². The van der Waals surface area contributed by atoms with Gasteiger partial charge in [-0.3, -0.25) is 0 Å². The van der Waals surface area contributed by atoms with Gasteiger partial charge in [0.15, 0.2) is 0 Å². The van der Waals surface area contributed by atoms with Crippen LogP contribution in [-0.4, -0.2) is 30.8 Å². The lowest BCUT2D eigenvalue weighted by Gasteiger charge is -2.19. The summed E-state index contributed by atoms with van der Waals surface area (Å²) < 4.78 is 1.57. The summed E-state index contributed by atoms with van der Waals surface area (Å²) in [6.07, 6.45) is 5.78. The molecule has 112 valence electrons. The highest BCUT2D eigenvalue weighted by atomic mass is 35.5. The Morgan fingerprint density at radius 3 is 2.52 bits per heavy atom. The average molecular weight is 306 g/mol. The molecule has 2 aromatic rings. The first kappa shape index (κ1) is 15.7. The molecule has 0 radical (unpaired) electrons. The molecule has 1 aromatic carbocycles. The van der Waals surface area contributed by atoms with Crippen LogP contribution in [0.3, 0.4) is 0 Å². The molecule has 21 heavy (non-hydrogen) atoms. The van der Waals surface area contributed by atoms with Crippen molar-refractivity contribution < 1.29 is 5.11 Å². The third-order valence-electron chi connectivity index (χ3n) is 3.30. The second kappa shape index (κ2) is 6.87. The van der Waals surface area contributed by atoms with Crippen LogP contribution in [0.2, 0.25) is 0 Å². The highest BCUT2D eigenvalue weighted by molar-refractivity contribution is 6.27. The molecule has 1 N–H and O–H groups in total. The highest BCUT2D eigenvalue weighted by Crippen LogP contribution is 2.48. The van der Waals surface area contributed by atoms with E-state index in [0.29, 0.717) is 5.70 Å². The monoisotopic (exact) mass is 305 g/mol. The van der Waals surface area contributed by atoms with Crippen molar-refractivity contribution in [2.75, 3.05) is 0 Å². The minimum absolute atomic E-state index is 0.549. The summed E-state index contributed by atoms with van der Waals surface area (Å²) >= 11 is 6.32. The molecule has 1 aliphatic carbocycles. The van der Waals surface area contributed by atoms with E-state index in [9.17, 15) is 5.11 Å². The Balaban J connectivity index is 0.000000774. The van der Waals surface area contributed by atoms with Gasteiger partial charge in [0.05, 0.1) is 10.6 Å². The van der Waals surface area contributed by atoms with E-state index in [1.807, 2.05) is 50.3 Å². The molecule has 1 atom stereocenters. The van der Waals surface area contributed by atoms with Gasteiger partial charge in [0, 0.05) is 0 Å². The normalized spacial score (nSPS) is 17.6. The maximum Gasteiger partial charge on any atom is 0.138 e. The van der Waals surface area contributed by atoms with E-state index in [-0.39, 0.29) is 0 Å². The molecule has 0 amide bonds. The number of benzene rings is 1. The van der Waals surface area contributed by atoms with Gasteiger partial charge in [-0.05, 0) is 24.5 Å². The van der Waals surface area contributed by atoms with Crippen LogP contribution in [0.5, 0.6) is 0 Å². The first-order chi connectivity index (χ1) is 10.2. The van der Waals surface area contributed by atoms with E-state index in [2.05, 4.69) is 10.1 Å². The summed E-state index contributed by atoms with van der Waals surface area (Å²) in [5, 5.41) is 14.5. The van der Waals surface area contributed by atoms with Gasteiger partial charge in [0.2, 0.25) is 0 Å². The van der Waals surface area contributed by atoms with E-state index in [1.54, 1.807) is 11.0 Å². The topological polar surface area (TPSA) is 50.9 Å². The summed E-state index contributed by atoms with van der Waals surface area (Å²) in [6.45, 7) is 4.00. The smallest absolute Gasteiger partial charge is 0.138 e. The second-order valence-corrected chi connectivity index (χ2v) is 5.51. The summed E-state index contributed by atoms with van der Waals surface area (Å²) in [6, 6.07) is 9.79. The van der Waals surface area contributed by atoms with Crippen molar-refractivity contribution in [1.82, 2.24) is 14.8 Å². The molecule has 0 spiro atoms. The van der Waals surface area contributed by atoms with E-state index in [1.165, 1.54) is 6.33 Å². The van der Waals surface area contributed by atoms with E-state index >= 15 is 0 Å². The van der Waals surface area contributed by atoms with E-state index < -0.39 is 11.0 Å². The highest BCUT2D eigenvalue weighted by Gasteiger charge is 2.49. The largest absolute Gasteiger partial charge is 0.385 e. The zero-order valence-electron chi connectivity index (χ0n) is 12.3. The molecular formula is C16H20ClN3O. The number of aliphatic hydroxyl groups is 1. The number of rotatable bonds is 4. The number of nitrogens with zero attached hydrogens (tertiary/aromatic N) is 3. The minimum atomic E-state index is -0.754. The van der Waals surface area contributed by atoms with E-state index in [0.717, 1.165) is 18.4 Å². The van der Waals surface area contributed by atoms with Crippen LogP contribution in [0.25, 0.3) is 11.8 Å². The fraction of sp³-hybridized carbons (Fsp3) is 0.375. The number of hydrogen-bond acceptors (Lipinski definition) is 3. The maximum atomic E-state index is 10.5. The lowest BCUT2D eigenvalue weighted by Crippen LogP contribution is -2.27. The van der Waals surface area contributed by atoms with Crippen LogP contribution in [0.15, 0.2) is 43.0 Å². The predicted molar refractivity (Wildman–Crippen MR) is 85.8 cm³/mol. The Kier molecular flexibility index (Phi) is 5.15. The Bertz CT molecular complexity index is 577. The molecular weight excluding hydrogens is 286 g/mol. The molecule has 1 fully saturated rings. The SMILES string of the molecule is CC.OC(/C(=C\c1ccccc1)n1cncn1)C1(Cl)CC1. The number of alkyl halides is 1. The standard InChI is InChI=1S/C14H14ClN3O.C2H6/c15-14(6-7-14)13(19)12(18-10-16-9-17-18)8-11-4-2-1-3-5-11;1-2/h1-5,8-10,13,19H,6-7H2;1-2H3/b12-8+;. The number of hydrogen-bond donors (Lipinski definition) is 1. The Hall–Kier alpha value is -1.65. The molecule has 1 aliphatic rings. The third kappa shape index (κ3) is 3.71. The fourth-order valence-corrected chi connectivity index (χ4v) is 2.20. The summed E-state index contributed by atoms with van der Waals surface area (Å²) in [5.74, 6) is 0. The Labute approximate surface area is 130 Å². The van der Waals surface area contributed by atoms with Crippen LogP contribution < -0.4 is 0 Å². The zero-order valence-corrected chi connectivity index (χ0v) is 13.0. The molecule has 0 aliphatic heterocycles. The van der Waals surface area contributed by atoms with E-state index in [4.69, 9.17) is 11.6 Å². The number of halogens is 1. The summed E-state index contributed by atoms with van der Waals surface area (Å²) in [4.78, 5) is 3.38. The van der Waals surface area contributed by atoms with Crippen LogP contribution >= 0.6 is 11.6 Å². The number of aromatic nitrogens is 3. The predicted octanol–water partition coefficient (Wildman–Crippen LogP) is 3.43. The van der Waals surface area contributed by atoms with Crippen LogP contribution in [0.4, 0.5) is 0 Å². The van der Waals surface area contributed by atoms with Gasteiger partial charge in [-0.25, -0.2) is 9.67 Å². The van der Waals surface area contributed by atoms with Crippen LogP contribution in [-0.2, 0) is 0 Å². The first-order valence-electron chi connectivity index (χ1n) is 7.18. The van der Waals surface area contributed by atoms with Crippen molar-refractivity contribution >= 4 is 23.4 Å². The van der Waals surface area contributed by atoms with Crippen LogP contribution in [0.1, 0.15) is 32.3 Å². The van der Waals surface area contributed by atoms with Gasteiger partial charge in [0.1, 0.15) is 18.8 Å². The quantitative estimate of drug-likeness (QED) is 0.880. The Morgan fingerprint density at radius 1 is 1.33 bits per heavy atom. The van der Waals surface area contributed by atoms with Gasteiger partial charge < -0.3 is 5.11 Å². The average Bonchev–Trinajstić information content (AvgIpc) is 3.06. The van der Waals surface area contributed by atoms with Crippen molar-refractivity contribution in [3.63, 3.8) is 0 Å². The van der Waals surface area contributed by atoms with Gasteiger partial charge in [-0.1, -0.05) is 44.2 Å². The third-order valence-corrected chi connectivity index (χ3v) is 3.88. The summed E-state index contributed by atoms with van der Waals surface area (Å²) in [5.41, 5.74) is 1.64. The molecule has 0 bridgehead atoms. The molecule has 1 saturated carbocycles. The van der Waals surface area contributed by atoms with Crippen molar-refractivity contribution in [2.45, 2.75) is 37.7 Å². The van der Waals surface area contributed by atoms with Crippen molar-refractivity contribution in [3.05, 3.63) is 48.5 Å². The molecule has 1 heterocycles. The lowest BCUT2D eigenvalue weighted by molar-refractivity contribution is 0.212. The van der Waals surface area contributed by atoms with Crippen molar-refractivity contribution in [3.8, 4) is 0 Å². The van der Waals surface area contributed by atoms with Gasteiger partial charge in [-0.2, -0.15) is 5.10 Å². The second-order valence-electron chi connectivity index (χ2n) is 4.76. The fourth-order valence-electron chi connectivity index (χ4n) is 1.99. The summed E-state index contributed by atoms with van der Waals surface area (Å²) in [7, 11) is 0. The van der Waals surface area contributed by atoms with Crippen LogP contribution in [0, 0.1) is 0 Å². The van der Waals surface area contributed by atoms with Crippen molar-refractivity contribution in [1.29, 1.82) is 0 Å². The maximum absolute atomic E-state index is 10.5. The molecule has 3 rings (SSSR count). The van der Waals surface area contributed by atoms with Gasteiger partial charge in [-0.15, -0.1) is 11.6 Å². The molecule has 1 aromatic heterocycles. The van der Waals surface area contributed by atoms with Gasteiger partial charge >= 0.3 is 0 Å². The molecule has 4 nitrogen and oxygen atoms in total. The van der Waals surface area contributed by atoms with Gasteiger partial charge in [0.25, 0.3) is 0 Å². The zero-order chi connectivity index (χ0) is 15.3.